The van der Waals surface area contributed by atoms with E-state index in [9.17, 15) is 4.79 Å². The molecule has 0 atom stereocenters. The summed E-state index contributed by atoms with van der Waals surface area (Å²) in [7, 11) is 0. The number of amides is 1. The van der Waals surface area contributed by atoms with Crippen molar-refractivity contribution >= 4 is 23.3 Å². The summed E-state index contributed by atoms with van der Waals surface area (Å²) in [4.78, 5) is 19.1. The van der Waals surface area contributed by atoms with Gasteiger partial charge in [0.1, 0.15) is 23.9 Å². The van der Waals surface area contributed by atoms with E-state index in [2.05, 4.69) is 4.98 Å². The number of furan rings is 2. The molecule has 0 aliphatic rings. The fourth-order valence-electron chi connectivity index (χ4n) is 3.04. The highest BCUT2D eigenvalue weighted by molar-refractivity contribution is 7.09. The number of thiazole rings is 1. The second-order valence-electron chi connectivity index (χ2n) is 6.87. The Morgan fingerprint density at radius 3 is 2.39 bits per heavy atom. The quantitative estimate of drug-likeness (QED) is 0.327. The first kappa shape index (κ1) is 20.7. The Morgan fingerprint density at radius 2 is 1.77 bits per heavy atom. The lowest BCUT2D eigenvalue weighted by Gasteiger charge is -2.19. The zero-order valence-corrected chi connectivity index (χ0v) is 17.9. The number of rotatable bonds is 9. The second-order valence-corrected chi connectivity index (χ2v) is 7.93. The van der Waals surface area contributed by atoms with E-state index in [1.165, 1.54) is 0 Å². The van der Waals surface area contributed by atoms with Crippen molar-refractivity contribution in [3.8, 4) is 5.75 Å². The minimum absolute atomic E-state index is 0.155. The van der Waals surface area contributed by atoms with E-state index in [1.54, 1.807) is 53.0 Å². The highest BCUT2D eigenvalue weighted by Gasteiger charge is 2.15. The number of aryl methyl sites for hydroxylation is 1. The summed E-state index contributed by atoms with van der Waals surface area (Å²) in [6.07, 6.45) is 6.50. The fourth-order valence-corrected chi connectivity index (χ4v) is 3.63. The molecular weight excluding hydrogens is 412 g/mol. The number of ether oxygens (including phenoxy) is 1. The van der Waals surface area contributed by atoms with Crippen LogP contribution in [0.4, 0.5) is 0 Å². The number of hydrogen-bond acceptors (Lipinski definition) is 6. The Kier molecular flexibility index (Phi) is 6.64. The van der Waals surface area contributed by atoms with Crippen LogP contribution in [0.15, 0.2) is 81.3 Å². The first-order valence-corrected chi connectivity index (χ1v) is 10.7. The predicted molar refractivity (Wildman–Crippen MR) is 118 cm³/mol. The number of carbonyl (C=O) groups excluding carboxylic acids is 1. The van der Waals surface area contributed by atoms with Crippen molar-refractivity contribution < 1.29 is 18.4 Å². The average Bonchev–Trinajstić information content (AvgIpc) is 3.54. The van der Waals surface area contributed by atoms with Crippen molar-refractivity contribution in [2.45, 2.75) is 26.6 Å². The molecule has 0 saturated carbocycles. The normalized spacial score (nSPS) is 11.1. The average molecular weight is 435 g/mol. The maximum atomic E-state index is 13.0. The lowest BCUT2D eigenvalue weighted by atomic mass is 10.2. The van der Waals surface area contributed by atoms with Crippen molar-refractivity contribution in [1.29, 1.82) is 0 Å². The Morgan fingerprint density at radius 1 is 1.06 bits per heavy atom. The molecule has 1 amide bonds. The molecule has 0 unspecified atom stereocenters. The summed E-state index contributed by atoms with van der Waals surface area (Å²) in [6.45, 7) is 3.04. The molecule has 3 aromatic heterocycles. The molecule has 0 aliphatic heterocycles. The summed E-state index contributed by atoms with van der Waals surface area (Å²) in [6, 6.07) is 14.9. The van der Waals surface area contributed by atoms with Gasteiger partial charge < -0.3 is 18.5 Å². The number of carbonyl (C=O) groups is 1. The smallest absolute Gasteiger partial charge is 0.247 e. The van der Waals surface area contributed by atoms with Gasteiger partial charge in [0.2, 0.25) is 5.91 Å². The van der Waals surface area contributed by atoms with Gasteiger partial charge in [0, 0.05) is 17.0 Å². The third-order valence-corrected chi connectivity index (χ3v) is 5.35. The van der Waals surface area contributed by atoms with E-state index in [1.807, 2.05) is 48.7 Å². The summed E-state index contributed by atoms with van der Waals surface area (Å²) in [5, 5.41) is 2.99. The van der Waals surface area contributed by atoms with Crippen LogP contribution < -0.4 is 4.74 Å². The zero-order valence-electron chi connectivity index (χ0n) is 17.1. The molecule has 31 heavy (non-hydrogen) atoms. The Labute approximate surface area is 184 Å². The number of aromatic nitrogens is 1. The van der Waals surface area contributed by atoms with Gasteiger partial charge in [0.25, 0.3) is 0 Å². The molecule has 1 aromatic carbocycles. The van der Waals surface area contributed by atoms with E-state index in [0.29, 0.717) is 37.0 Å². The van der Waals surface area contributed by atoms with Crippen LogP contribution in [-0.2, 0) is 24.5 Å². The summed E-state index contributed by atoms with van der Waals surface area (Å²) in [5.41, 5.74) is 1.71. The van der Waals surface area contributed by atoms with Gasteiger partial charge in [-0.3, -0.25) is 4.79 Å². The molecule has 4 rings (SSSR count). The molecule has 7 heteroatoms. The molecule has 0 saturated heterocycles. The molecule has 0 N–H and O–H groups in total. The van der Waals surface area contributed by atoms with Gasteiger partial charge in [0.05, 0.1) is 36.3 Å². The van der Waals surface area contributed by atoms with Crippen LogP contribution in [0.5, 0.6) is 5.75 Å². The second kappa shape index (κ2) is 9.95. The van der Waals surface area contributed by atoms with E-state index < -0.39 is 0 Å². The van der Waals surface area contributed by atoms with Crippen molar-refractivity contribution in [3.63, 3.8) is 0 Å². The van der Waals surface area contributed by atoms with Crippen LogP contribution >= 0.6 is 11.3 Å². The maximum absolute atomic E-state index is 13.0. The largest absolute Gasteiger partial charge is 0.487 e. The van der Waals surface area contributed by atoms with E-state index in [0.717, 1.165) is 16.3 Å². The van der Waals surface area contributed by atoms with Crippen molar-refractivity contribution in [2.75, 3.05) is 0 Å². The molecule has 0 bridgehead atoms. The van der Waals surface area contributed by atoms with Gasteiger partial charge in [-0.1, -0.05) is 18.2 Å². The molecule has 3 heterocycles. The van der Waals surface area contributed by atoms with Crippen molar-refractivity contribution in [3.05, 3.63) is 100 Å². The number of hydrogen-bond donors (Lipinski definition) is 0. The maximum Gasteiger partial charge on any atom is 0.247 e. The van der Waals surface area contributed by atoms with Crippen LogP contribution in [0.3, 0.4) is 0 Å². The van der Waals surface area contributed by atoms with Gasteiger partial charge in [-0.25, -0.2) is 4.98 Å². The lowest BCUT2D eigenvalue weighted by molar-refractivity contribution is -0.127. The minimum atomic E-state index is -0.155. The van der Waals surface area contributed by atoms with Gasteiger partial charge in [-0.2, -0.15) is 0 Å². The Bertz CT molecular complexity index is 1090. The molecule has 0 radical (unpaired) electrons. The van der Waals surface area contributed by atoms with Gasteiger partial charge in [0.15, 0.2) is 0 Å². The summed E-state index contributed by atoms with van der Waals surface area (Å²) in [5.74, 6) is 1.95. The van der Waals surface area contributed by atoms with Crippen LogP contribution in [0.25, 0.3) is 6.08 Å². The van der Waals surface area contributed by atoms with Crippen LogP contribution in [-0.4, -0.2) is 15.8 Å². The zero-order chi connectivity index (χ0) is 21.5. The van der Waals surface area contributed by atoms with E-state index in [-0.39, 0.29) is 5.91 Å². The minimum Gasteiger partial charge on any atom is -0.487 e. The third-order valence-electron chi connectivity index (χ3n) is 4.53. The molecule has 6 nitrogen and oxygen atoms in total. The van der Waals surface area contributed by atoms with Crippen molar-refractivity contribution in [1.82, 2.24) is 9.88 Å². The standard InChI is InChI=1S/C24H22N2O4S/c1-18-25-20(17-31-18)16-30-23-9-3-2-6-19(23)10-11-24(27)26(14-21-7-4-12-28-21)15-22-8-5-13-29-22/h2-13,17H,14-16H2,1H3/b11-10+. The number of benzene rings is 1. The Balaban J connectivity index is 1.47. The summed E-state index contributed by atoms with van der Waals surface area (Å²) < 4.78 is 16.8. The van der Waals surface area contributed by atoms with Gasteiger partial charge in [-0.05, 0) is 43.3 Å². The first-order chi connectivity index (χ1) is 15.2. The fraction of sp³-hybridized carbons (Fsp3) is 0.167. The van der Waals surface area contributed by atoms with Gasteiger partial charge >= 0.3 is 0 Å². The van der Waals surface area contributed by atoms with Crippen molar-refractivity contribution in [2.24, 2.45) is 0 Å². The SMILES string of the molecule is Cc1nc(COc2ccccc2/C=C/C(=O)N(Cc2ccco2)Cc2ccco2)cs1. The molecular formula is C24H22N2O4S. The van der Waals surface area contributed by atoms with Crippen LogP contribution in [0.1, 0.15) is 27.8 Å². The molecule has 0 aliphatic carbocycles. The Hall–Kier alpha value is -3.58. The highest BCUT2D eigenvalue weighted by Crippen LogP contribution is 2.22. The highest BCUT2D eigenvalue weighted by atomic mass is 32.1. The number of para-hydroxylation sites is 1. The molecule has 158 valence electrons. The molecule has 0 spiro atoms. The predicted octanol–water partition coefficient (Wildman–Crippen LogP) is 5.46. The van der Waals surface area contributed by atoms with E-state index >= 15 is 0 Å². The topological polar surface area (TPSA) is 68.7 Å². The third kappa shape index (κ3) is 5.73. The lowest BCUT2D eigenvalue weighted by Crippen LogP contribution is -2.28. The molecule has 0 fully saturated rings. The van der Waals surface area contributed by atoms with Crippen LogP contribution in [0.2, 0.25) is 0 Å². The first-order valence-electron chi connectivity index (χ1n) is 9.82. The van der Waals surface area contributed by atoms with E-state index in [4.69, 9.17) is 13.6 Å². The van der Waals surface area contributed by atoms with Gasteiger partial charge in [-0.15, -0.1) is 11.3 Å². The monoisotopic (exact) mass is 434 g/mol. The number of nitrogens with zero attached hydrogens (tertiary/aromatic N) is 2. The van der Waals surface area contributed by atoms with Crippen LogP contribution in [0, 0.1) is 6.92 Å². The summed E-state index contributed by atoms with van der Waals surface area (Å²) >= 11 is 1.59. The molecule has 4 aromatic rings.